The highest BCUT2D eigenvalue weighted by molar-refractivity contribution is 8.01. The van der Waals surface area contributed by atoms with Gasteiger partial charge in [-0.2, -0.15) is 0 Å². The van der Waals surface area contributed by atoms with E-state index in [4.69, 9.17) is 5.73 Å². The maximum absolute atomic E-state index is 12.6. The van der Waals surface area contributed by atoms with Gasteiger partial charge in [-0.1, -0.05) is 42.9 Å². The van der Waals surface area contributed by atoms with E-state index in [1.54, 1.807) is 0 Å². The number of aromatic nitrogens is 4. The first-order valence-electron chi connectivity index (χ1n) is 9.11. The third-order valence-corrected chi connectivity index (χ3v) is 7.13. The molecule has 0 aliphatic heterocycles. The smallest absolute Gasteiger partial charge is 0.332 e. The van der Waals surface area contributed by atoms with Gasteiger partial charge in [-0.25, -0.2) is 4.79 Å². The van der Waals surface area contributed by atoms with E-state index in [-0.39, 0.29) is 17.1 Å². The molecule has 0 radical (unpaired) electrons. The van der Waals surface area contributed by atoms with Crippen LogP contribution in [0.3, 0.4) is 0 Å². The molecule has 2 aromatic heterocycles. The minimum absolute atomic E-state index is 0.00783. The van der Waals surface area contributed by atoms with Gasteiger partial charge in [0.15, 0.2) is 10.1 Å². The molecule has 11 heteroatoms. The van der Waals surface area contributed by atoms with Crippen molar-refractivity contribution in [3.8, 4) is 0 Å². The zero-order chi connectivity index (χ0) is 20.4. The van der Waals surface area contributed by atoms with Crippen molar-refractivity contribution in [2.24, 2.45) is 20.0 Å². The third kappa shape index (κ3) is 4.14. The fraction of sp³-hybridized carbons (Fsp3) is 0.588. The van der Waals surface area contributed by atoms with E-state index in [1.165, 1.54) is 56.5 Å². The molecule has 2 heterocycles. The molecule has 0 saturated heterocycles. The molecular formula is C17H24N6O3S2. The molecule has 9 nitrogen and oxygen atoms in total. The summed E-state index contributed by atoms with van der Waals surface area (Å²) in [5, 5.41) is 12.5. The largest absolute Gasteiger partial charge is 0.384 e. The fourth-order valence-corrected chi connectivity index (χ4v) is 5.02. The van der Waals surface area contributed by atoms with Crippen LogP contribution in [-0.2, 0) is 14.1 Å². The maximum atomic E-state index is 12.6. The quantitative estimate of drug-likeness (QED) is 0.528. The van der Waals surface area contributed by atoms with Gasteiger partial charge >= 0.3 is 5.69 Å². The normalized spacial score (nSPS) is 19.5. The highest BCUT2D eigenvalue weighted by Gasteiger charge is 2.23. The Bertz CT molecular complexity index is 996. The molecular weight excluding hydrogens is 400 g/mol. The van der Waals surface area contributed by atoms with Gasteiger partial charge < -0.3 is 11.1 Å². The van der Waals surface area contributed by atoms with Crippen LogP contribution in [0.15, 0.2) is 13.9 Å². The number of hydrogen-bond donors (Lipinski definition) is 2. The number of carbonyl (C=O) groups is 1. The Morgan fingerprint density at radius 1 is 1.25 bits per heavy atom. The number of nitrogens with zero attached hydrogens (tertiary/aromatic N) is 4. The standard InChI is InChI=1S/C17H24N6O3S2/c1-9-6-4-5-7-10(9)19-15-20-21-16(28-15)27-8-11(24)12-13(18)22(2)17(26)23(3)14(12)25/h9-10H,4-8,18H2,1-3H3,(H,19,20)/t9-,10+/m0/s1. The molecule has 2 aromatic rings. The molecule has 0 bridgehead atoms. The van der Waals surface area contributed by atoms with Crippen molar-refractivity contribution in [1.29, 1.82) is 0 Å². The van der Waals surface area contributed by atoms with Crippen LogP contribution < -0.4 is 22.3 Å². The summed E-state index contributed by atoms with van der Waals surface area (Å²) < 4.78 is 2.61. The van der Waals surface area contributed by atoms with E-state index in [0.29, 0.717) is 16.3 Å². The average Bonchev–Trinajstić information content (AvgIpc) is 3.12. The molecule has 0 unspecified atom stereocenters. The van der Waals surface area contributed by atoms with E-state index in [9.17, 15) is 14.4 Å². The lowest BCUT2D eigenvalue weighted by Gasteiger charge is -2.29. The SMILES string of the molecule is C[C@H]1CCCC[C@H]1Nc1nnc(SCC(=O)c2c(N)n(C)c(=O)n(C)c2=O)s1. The number of ketones is 1. The maximum Gasteiger partial charge on any atom is 0.332 e. The van der Waals surface area contributed by atoms with Crippen LogP contribution in [0.1, 0.15) is 43.0 Å². The van der Waals surface area contributed by atoms with E-state index in [2.05, 4.69) is 22.4 Å². The highest BCUT2D eigenvalue weighted by atomic mass is 32.2. The predicted octanol–water partition coefficient (Wildman–Crippen LogP) is 1.48. The van der Waals surface area contributed by atoms with Gasteiger partial charge in [0.05, 0.1) is 5.75 Å². The summed E-state index contributed by atoms with van der Waals surface area (Å²) in [6, 6.07) is 0.398. The van der Waals surface area contributed by atoms with Gasteiger partial charge in [-0.3, -0.25) is 18.7 Å². The Kier molecular flexibility index (Phi) is 6.23. The minimum Gasteiger partial charge on any atom is -0.384 e. The van der Waals surface area contributed by atoms with Crippen LogP contribution in [0.4, 0.5) is 10.9 Å². The van der Waals surface area contributed by atoms with Crippen LogP contribution in [0.5, 0.6) is 0 Å². The molecule has 0 aromatic carbocycles. The molecule has 1 fully saturated rings. The number of nitrogens with one attached hydrogen (secondary N) is 1. The van der Waals surface area contributed by atoms with Crippen LogP contribution in [0.25, 0.3) is 0 Å². The van der Waals surface area contributed by atoms with Crippen LogP contribution in [0.2, 0.25) is 0 Å². The number of hydrogen-bond acceptors (Lipinski definition) is 9. The number of nitrogen functional groups attached to an aromatic ring is 1. The van der Waals surface area contributed by atoms with Crippen LogP contribution in [-0.4, -0.2) is 36.9 Å². The lowest BCUT2D eigenvalue weighted by Crippen LogP contribution is -2.41. The third-order valence-electron chi connectivity index (χ3n) is 5.14. The van der Waals surface area contributed by atoms with Crippen molar-refractivity contribution in [2.75, 3.05) is 16.8 Å². The van der Waals surface area contributed by atoms with Gasteiger partial charge in [-0.15, -0.1) is 10.2 Å². The predicted molar refractivity (Wildman–Crippen MR) is 111 cm³/mol. The van der Waals surface area contributed by atoms with Crippen molar-refractivity contribution in [2.45, 2.75) is 43.0 Å². The lowest BCUT2D eigenvalue weighted by molar-refractivity contribution is 0.102. The van der Waals surface area contributed by atoms with Gasteiger partial charge in [-0.05, 0) is 18.8 Å². The first-order chi connectivity index (χ1) is 13.3. The summed E-state index contributed by atoms with van der Waals surface area (Å²) in [4.78, 5) is 36.7. The van der Waals surface area contributed by atoms with Gasteiger partial charge in [0.1, 0.15) is 11.4 Å². The highest BCUT2D eigenvalue weighted by Crippen LogP contribution is 2.30. The first kappa shape index (κ1) is 20.6. The Hall–Kier alpha value is -2.14. The first-order valence-corrected chi connectivity index (χ1v) is 10.9. The number of thioether (sulfide) groups is 1. The Labute approximate surface area is 170 Å². The number of anilines is 2. The molecule has 0 spiro atoms. The Morgan fingerprint density at radius 3 is 2.68 bits per heavy atom. The molecule has 1 aliphatic carbocycles. The van der Waals surface area contributed by atoms with Gasteiger partial charge in [0, 0.05) is 20.1 Å². The zero-order valence-corrected chi connectivity index (χ0v) is 17.7. The van der Waals surface area contributed by atoms with Crippen molar-refractivity contribution < 1.29 is 4.79 Å². The molecule has 3 rings (SSSR count). The van der Waals surface area contributed by atoms with Crippen molar-refractivity contribution >= 4 is 39.8 Å². The molecule has 1 aliphatic rings. The van der Waals surface area contributed by atoms with Crippen molar-refractivity contribution in [1.82, 2.24) is 19.3 Å². The summed E-state index contributed by atoms with van der Waals surface area (Å²) in [5.41, 5.74) is 4.41. The topological polar surface area (TPSA) is 125 Å². The number of nitrogens with two attached hydrogens (primary N) is 1. The fourth-order valence-electron chi connectivity index (χ4n) is 3.34. The van der Waals surface area contributed by atoms with Crippen LogP contribution >= 0.6 is 23.1 Å². The summed E-state index contributed by atoms with van der Waals surface area (Å²) in [7, 11) is 2.75. The molecule has 28 heavy (non-hydrogen) atoms. The van der Waals surface area contributed by atoms with Gasteiger partial charge in [0.2, 0.25) is 5.13 Å². The molecule has 3 N–H and O–H groups in total. The van der Waals surface area contributed by atoms with E-state index in [1.807, 2.05) is 0 Å². The Morgan fingerprint density at radius 2 is 1.96 bits per heavy atom. The lowest BCUT2D eigenvalue weighted by atomic mass is 9.86. The van der Waals surface area contributed by atoms with Crippen LogP contribution in [0, 0.1) is 5.92 Å². The van der Waals surface area contributed by atoms with E-state index >= 15 is 0 Å². The molecule has 2 atom stereocenters. The molecule has 1 saturated carbocycles. The second-order valence-electron chi connectivity index (χ2n) is 7.06. The van der Waals surface area contributed by atoms with E-state index in [0.717, 1.165) is 20.7 Å². The van der Waals surface area contributed by atoms with Crippen molar-refractivity contribution in [3.63, 3.8) is 0 Å². The molecule has 0 amide bonds. The second-order valence-corrected chi connectivity index (χ2v) is 9.26. The number of rotatable bonds is 6. The summed E-state index contributed by atoms with van der Waals surface area (Å²) in [5.74, 6) is 0.0275. The number of Topliss-reactive ketones (excluding diaryl/α,β-unsaturated/α-hetero) is 1. The second kappa shape index (κ2) is 8.48. The summed E-state index contributed by atoms with van der Waals surface area (Å²) in [6.45, 7) is 2.24. The van der Waals surface area contributed by atoms with Gasteiger partial charge in [0.25, 0.3) is 5.56 Å². The minimum atomic E-state index is -0.683. The average molecular weight is 425 g/mol. The molecule has 152 valence electrons. The number of carbonyl (C=O) groups excluding carboxylic acids is 1. The van der Waals surface area contributed by atoms with Crippen molar-refractivity contribution in [3.05, 3.63) is 26.4 Å². The zero-order valence-electron chi connectivity index (χ0n) is 16.1. The monoisotopic (exact) mass is 424 g/mol. The van der Waals surface area contributed by atoms with E-state index < -0.39 is 17.0 Å². The summed E-state index contributed by atoms with van der Waals surface area (Å²) in [6.07, 6.45) is 4.82. The summed E-state index contributed by atoms with van der Waals surface area (Å²) >= 11 is 2.60. The Balaban J connectivity index is 1.67.